The van der Waals surface area contributed by atoms with Gasteiger partial charge in [0.05, 0.1) is 6.54 Å². The highest BCUT2D eigenvalue weighted by Gasteiger charge is 2.26. The first-order valence-electron chi connectivity index (χ1n) is 9.14. The van der Waals surface area contributed by atoms with E-state index in [4.69, 9.17) is 14.0 Å². The lowest BCUT2D eigenvalue weighted by Gasteiger charge is -2.34. The molecule has 1 saturated heterocycles. The molecule has 1 fully saturated rings. The number of aromatic nitrogens is 2. The van der Waals surface area contributed by atoms with Crippen LogP contribution < -0.4 is 9.47 Å². The van der Waals surface area contributed by atoms with Gasteiger partial charge in [-0.2, -0.15) is 4.98 Å². The third-order valence-electron chi connectivity index (χ3n) is 4.78. The molecule has 0 N–H and O–H groups in total. The topological polar surface area (TPSA) is 80.9 Å². The lowest BCUT2D eigenvalue weighted by Crippen LogP contribution is -2.48. The van der Waals surface area contributed by atoms with Crippen molar-refractivity contribution in [2.24, 2.45) is 0 Å². The highest BCUT2D eigenvalue weighted by atomic mass is 16.7. The highest BCUT2D eigenvalue weighted by molar-refractivity contribution is 5.95. The van der Waals surface area contributed by atoms with Gasteiger partial charge in [-0.15, -0.1) is 0 Å². The molecule has 1 aromatic heterocycles. The number of ether oxygens (including phenoxy) is 2. The average molecular weight is 372 g/mol. The quantitative estimate of drug-likeness (QED) is 0.816. The van der Waals surface area contributed by atoms with Crippen LogP contribution in [0, 0.1) is 0 Å². The van der Waals surface area contributed by atoms with E-state index in [1.165, 1.54) is 0 Å². The molecule has 0 atom stereocenters. The molecule has 2 aliphatic heterocycles. The predicted molar refractivity (Wildman–Crippen MR) is 96.7 cm³/mol. The van der Waals surface area contributed by atoms with Crippen molar-refractivity contribution in [3.8, 4) is 11.5 Å². The van der Waals surface area contributed by atoms with Crippen LogP contribution >= 0.6 is 0 Å². The maximum absolute atomic E-state index is 12.7. The van der Waals surface area contributed by atoms with Gasteiger partial charge in [0, 0.05) is 37.2 Å². The molecular formula is C19H24N4O4. The van der Waals surface area contributed by atoms with Gasteiger partial charge in [-0.25, -0.2) is 0 Å². The van der Waals surface area contributed by atoms with Crippen LogP contribution in [0.1, 0.15) is 42.8 Å². The van der Waals surface area contributed by atoms with Crippen molar-refractivity contribution < 1.29 is 18.8 Å². The largest absolute Gasteiger partial charge is 0.454 e. The molecule has 8 nitrogen and oxygen atoms in total. The SMILES string of the molecule is CC(C)(C)c1noc(CN2CCN(C(=O)c3ccc4c(c3)OCO4)CC2)n1. The molecule has 27 heavy (non-hydrogen) atoms. The van der Waals surface area contributed by atoms with Gasteiger partial charge in [0.15, 0.2) is 17.3 Å². The van der Waals surface area contributed by atoms with Crippen molar-refractivity contribution in [3.05, 3.63) is 35.5 Å². The van der Waals surface area contributed by atoms with Crippen molar-refractivity contribution >= 4 is 5.91 Å². The van der Waals surface area contributed by atoms with Gasteiger partial charge in [0.2, 0.25) is 12.7 Å². The molecule has 1 amide bonds. The molecule has 8 heteroatoms. The van der Waals surface area contributed by atoms with E-state index in [-0.39, 0.29) is 18.1 Å². The van der Waals surface area contributed by atoms with Crippen molar-refractivity contribution in [1.82, 2.24) is 19.9 Å². The standard InChI is InChI=1S/C19H24N4O4/c1-19(2,3)18-20-16(27-21-18)11-22-6-8-23(9-7-22)17(24)13-4-5-14-15(10-13)26-12-25-14/h4-5,10H,6-9,11-12H2,1-3H3. The van der Waals surface area contributed by atoms with E-state index in [1.54, 1.807) is 18.2 Å². The van der Waals surface area contributed by atoms with E-state index in [1.807, 2.05) is 4.90 Å². The first-order chi connectivity index (χ1) is 12.9. The van der Waals surface area contributed by atoms with Gasteiger partial charge in [-0.05, 0) is 18.2 Å². The van der Waals surface area contributed by atoms with Crippen LogP contribution in [-0.2, 0) is 12.0 Å². The zero-order valence-electron chi connectivity index (χ0n) is 15.9. The second kappa shape index (κ2) is 6.84. The third-order valence-corrected chi connectivity index (χ3v) is 4.78. The van der Waals surface area contributed by atoms with Gasteiger partial charge in [-0.3, -0.25) is 9.69 Å². The Balaban J connectivity index is 1.33. The minimum atomic E-state index is -0.127. The van der Waals surface area contributed by atoms with Crippen molar-refractivity contribution in [1.29, 1.82) is 0 Å². The van der Waals surface area contributed by atoms with Gasteiger partial charge in [0.25, 0.3) is 5.91 Å². The molecule has 0 spiro atoms. The summed E-state index contributed by atoms with van der Waals surface area (Å²) in [5.41, 5.74) is 0.497. The van der Waals surface area contributed by atoms with Crippen molar-refractivity contribution in [2.45, 2.75) is 32.7 Å². The fourth-order valence-electron chi connectivity index (χ4n) is 3.14. The van der Waals surface area contributed by atoms with E-state index in [2.05, 4.69) is 35.8 Å². The van der Waals surface area contributed by atoms with Crippen LogP contribution in [0.3, 0.4) is 0 Å². The second-order valence-electron chi connectivity index (χ2n) is 7.90. The molecule has 1 aromatic carbocycles. The Hall–Kier alpha value is -2.61. The molecule has 0 radical (unpaired) electrons. The third kappa shape index (κ3) is 3.75. The summed E-state index contributed by atoms with van der Waals surface area (Å²) >= 11 is 0. The summed E-state index contributed by atoms with van der Waals surface area (Å²) in [5, 5.41) is 4.06. The Kier molecular flexibility index (Phi) is 4.51. The number of fused-ring (bicyclic) bond motifs is 1. The van der Waals surface area contributed by atoms with E-state index < -0.39 is 0 Å². The van der Waals surface area contributed by atoms with E-state index in [0.29, 0.717) is 48.4 Å². The molecular weight excluding hydrogens is 348 g/mol. The lowest BCUT2D eigenvalue weighted by atomic mass is 9.96. The summed E-state index contributed by atoms with van der Waals surface area (Å²) in [5.74, 6) is 2.67. The van der Waals surface area contributed by atoms with Gasteiger partial charge in [-0.1, -0.05) is 25.9 Å². The normalized spacial score (nSPS) is 17.4. The Labute approximate surface area is 158 Å². The number of hydrogen-bond acceptors (Lipinski definition) is 7. The first kappa shape index (κ1) is 17.8. The molecule has 3 heterocycles. The fourth-order valence-corrected chi connectivity index (χ4v) is 3.14. The number of carbonyl (C=O) groups excluding carboxylic acids is 1. The summed E-state index contributed by atoms with van der Waals surface area (Å²) in [6.45, 7) is 9.84. The maximum Gasteiger partial charge on any atom is 0.254 e. The van der Waals surface area contributed by atoms with E-state index >= 15 is 0 Å². The summed E-state index contributed by atoms with van der Waals surface area (Å²) in [4.78, 5) is 21.3. The number of carbonyl (C=O) groups is 1. The molecule has 0 aliphatic carbocycles. The Morgan fingerprint density at radius 3 is 2.56 bits per heavy atom. The molecule has 0 unspecified atom stereocenters. The average Bonchev–Trinajstić information content (AvgIpc) is 3.30. The smallest absolute Gasteiger partial charge is 0.254 e. The summed E-state index contributed by atoms with van der Waals surface area (Å²) in [7, 11) is 0. The molecule has 0 bridgehead atoms. The van der Waals surface area contributed by atoms with Crippen LogP contribution in [0.2, 0.25) is 0 Å². The van der Waals surface area contributed by atoms with Gasteiger partial charge >= 0.3 is 0 Å². The van der Waals surface area contributed by atoms with E-state index in [9.17, 15) is 4.79 Å². The number of rotatable bonds is 3. The number of nitrogens with zero attached hydrogens (tertiary/aromatic N) is 4. The molecule has 2 aliphatic rings. The van der Waals surface area contributed by atoms with Gasteiger partial charge in [0.1, 0.15) is 0 Å². The second-order valence-corrected chi connectivity index (χ2v) is 7.90. The number of hydrogen-bond donors (Lipinski definition) is 0. The Morgan fingerprint density at radius 2 is 1.85 bits per heavy atom. The van der Waals surface area contributed by atoms with Crippen LogP contribution in [-0.4, -0.2) is 58.8 Å². The molecule has 0 saturated carbocycles. The Bertz CT molecular complexity index is 834. The zero-order chi connectivity index (χ0) is 19.0. The van der Waals surface area contributed by atoms with Gasteiger partial charge < -0.3 is 18.9 Å². The summed E-state index contributed by atoms with van der Waals surface area (Å²) < 4.78 is 16.0. The predicted octanol–water partition coefficient (Wildman–Crippen LogP) is 2.05. The Morgan fingerprint density at radius 1 is 1.11 bits per heavy atom. The number of benzene rings is 1. The summed E-state index contributed by atoms with van der Waals surface area (Å²) in [6.07, 6.45) is 0. The highest BCUT2D eigenvalue weighted by Crippen LogP contribution is 2.32. The van der Waals surface area contributed by atoms with Crippen LogP contribution in [0.5, 0.6) is 11.5 Å². The maximum atomic E-state index is 12.7. The molecule has 2 aromatic rings. The van der Waals surface area contributed by atoms with Crippen LogP contribution in [0.4, 0.5) is 0 Å². The molecule has 4 rings (SSSR count). The monoisotopic (exact) mass is 372 g/mol. The minimum absolute atomic E-state index is 0.0146. The molecule has 144 valence electrons. The zero-order valence-corrected chi connectivity index (χ0v) is 15.9. The number of amides is 1. The fraction of sp³-hybridized carbons (Fsp3) is 0.526. The summed E-state index contributed by atoms with van der Waals surface area (Å²) in [6, 6.07) is 5.33. The van der Waals surface area contributed by atoms with Crippen LogP contribution in [0.25, 0.3) is 0 Å². The van der Waals surface area contributed by atoms with Crippen molar-refractivity contribution in [3.63, 3.8) is 0 Å². The van der Waals surface area contributed by atoms with E-state index in [0.717, 1.165) is 13.1 Å². The van der Waals surface area contributed by atoms with Crippen LogP contribution in [0.15, 0.2) is 22.7 Å². The number of piperazine rings is 1. The van der Waals surface area contributed by atoms with Crippen molar-refractivity contribution in [2.75, 3.05) is 33.0 Å². The minimum Gasteiger partial charge on any atom is -0.454 e. The first-order valence-corrected chi connectivity index (χ1v) is 9.14. The lowest BCUT2D eigenvalue weighted by molar-refractivity contribution is 0.0614.